The maximum atomic E-state index is 12.1. The molecule has 1 fully saturated rings. The summed E-state index contributed by atoms with van der Waals surface area (Å²) in [5.74, 6) is 1.59. The van der Waals surface area contributed by atoms with E-state index in [0.717, 1.165) is 29.9 Å². The van der Waals surface area contributed by atoms with Crippen molar-refractivity contribution in [3.63, 3.8) is 0 Å². The van der Waals surface area contributed by atoms with Crippen molar-refractivity contribution in [3.05, 3.63) is 35.4 Å². The summed E-state index contributed by atoms with van der Waals surface area (Å²) in [4.78, 5) is 12.1. The Morgan fingerprint density at radius 2 is 1.95 bits per heavy atom. The molecule has 3 unspecified atom stereocenters. The van der Waals surface area contributed by atoms with Gasteiger partial charge in [0.15, 0.2) is 5.78 Å². The van der Waals surface area contributed by atoms with Gasteiger partial charge in [-0.3, -0.25) is 4.79 Å². The van der Waals surface area contributed by atoms with Crippen LogP contribution < -0.4 is 0 Å². The molecule has 0 bridgehead atoms. The fourth-order valence-corrected chi connectivity index (χ4v) is 2.81. The van der Waals surface area contributed by atoms with Crippen LogP contribution in [-0.4, -0.2) is 18.5 Å². The highest BCUT2D eigenvalue weighted by Gasteiger charge is 2.25. The number of benzene rings is 1. The van der Waals surface area contributed by atoms with Crippen molar-refractivity contribution in [2.45, 2.75) is 46.1 Å². The summed E-state index contributed by atoms with van der Waals surface area (Å²) >= 11 is 0. The lowest BCUT2D eigenvalue weighted by Gasteiger charge is -2.31. The van der Waals surface area contributed by atoms with Crippen LogP contribution in [0.3, 0.4) is 0 Å². The van der Waals surface area contributed by atoms with Crippen LogP contribution >= 0.6 is 0 Å². The van der Waals surface area contributed by atoms with E-state index in [2.05, 4.69) is 13.8 Å². The molecule has 3 atom stereocenters. The zero-order chi connectivity index (χ0) is 13.8. The minimum Gasteiger partial charge on any atom is -0.370 e. The molecule has 19 heavy (non-hydrogen) atoms. The van der Waals surface area contributed by atoms with E-state index >= 15 is 0 Å². The molecule has 0 aliphatic heterocycles. The van der Waals surface area contributed by atoms with Crippen LogP contribution in [0.5, 0.6) is 0 Å². The lowest BCUT2D eigenvalue weighted by atomic mass is 9.80. The summed E-state index contributed by atoms with van der Waals surface area (Å²) in [5.41, 5.74) is 1.82. The lowest BCUT2D eigenvalue weighted by Crippen LogP contribution is -2.28. The van der Waals surface area contributed by atoms with Gasteiger partial charge in [0.2, 0.25) is 0 Å². The molecule has 0 heterocycles. The molecular formula is C17H24O2. The van der Waals surface area contributed by atoms with Crippen molar-refractivity contribution < 1.29 is 9.53 Å². The minimum absolute atomic E-state index is 0.101. The number of aryl methyl sites for hydroxylation is 1. The smallest absolute Gasteiger partial charge is 0.188 e. The third-order valence-electron chi connectivity index (χ3n) is 4.45. The third kappa shape index (κ3) is 3.66. The predicted molar refractivity (Wildman–Crippen MR) is 77.4 cm³/mol. The standard InChI is InChI=1S/C17H24O2/c1-12-8-9-15(10-14(12)3)19-11-17(18)16-7-5-4-6-13(16)2/h4-7,12,14-15H,8-11H2,1-3H3. The molecule has 1 aromatic rings. The first-order valence-corrected chi connectivity index (χ1v) is 7.28. The number of carbonyl (C=O) groups excluding carboxylic acids is 1. The molecule has 0 amide bonds. The Morgan fingerprint density at radius 1 is 1.21 bits per heavy atom. The molecule has 104 valence electrons. The topological polar surface area (TPSA) is 26.3 Å². The number of hydrogen-bond acceptors (Lipinski definition) is 2. The van der Waals surface area contributed by atoms with Crippen molar-refractivity contribution in [2.75, 3.05) is 6.61 Å². The fraction of sp³-hybridized carbons (Fsp3) is 0.588. The summed E-state index contributed by atoms with van der Waals surface area (Å²) in [6, 6.07) is 7.71. The van der Waals surface area contributed by atoms with Gasteiger partial charge in [0.1, 0.15) is 6.61 Å². The van der Waals surface area contributed by atoms with Gasteiger partial charge < -0.3 is 4.74 Å². The van der Waals surface area contributed by atoms with Crippen LogP contribution in [0.25, 0.3) is 0 Å². The van der Waals surface area contributed by atoms with Crippen LogP contribution in [0, 0.1) is 18.8 Å². The molecule has 0 aromatic heterocycles. The Kier molecular flexibility index (Phi) is 4.76. The second kappa shape index (κ2) is 6.33. The number of hydrogen-bond donors (Lipinski definition) is 0. The molecule has 2 rings (SSSR count). The largest absolute Gasteiger partial charge is 0.370 e. The van der Waals surface area contributed by atoms with Crippen LogP contribution in [0.2, 0.25) is 0 Å². The molecule has 0 radical (unpaired) electrons. The second-order valence-electron chi connectivity index (χ2n) is 5.94. The van der Waals surface area contributed by atoms with Gasteiger partial charge in [-0.05, 0) is 43.6 Å². The van der Waals surface area contributed by atoms with Gasteiger partial charge in [-0.15, -0.1) is 0 Å². The maximum absolute atomic E-state index is 12.1. The van der Waals surface area contributed by atoms with Crippen molar-refractivity contribution >= 4 is 5.78 Å². The number of Topliss-reactive ketones (excluding diaryl/α,β-unsaturated/α-hetero) is 1. The predicted octanol–water partition coefficient (Wildman–Crippen LogP) is 4.02. The Balaban J connectivity index is 1.86. The summed E-state index contributed by atoms with van der Waals surface area (Å²) in [7, 11) is 0. The Hall–Kier alpha value is -1.15. The molecule has 0 N–H and O–H groups in total. The zero-order valence-corrected chi connectivity index (χ0v) is 12.2. The van der Waals surface area contributed by atoms with Gasteiger partial charge in [0.05, 0.1) is 6.10 Å². The summed E-state index contributed by atoms with van der Waals surface area (Å²) in [6.07, 6.45) is 3.65. The highest BCUT2D eigenvalue weighted by Crippen LogP contribution is 2.30. The van der Waals surface area contributed by atoms with E-state index < -0.39 is 0 Å². The molecule has 0 spiro atoms. The Labute approximate surface area is 116 Å². The molecular weight excluding hydrogens is 236 g/mol. The normalized spacial score (nSPS) is 27.2. The van der Waals surface area contributed by atoms with E-state index in [0.29, 0.717) is 5.92 Å². The molecule has 1 aromatic carbocycles. The Bertz CT molecular complexity index is 439. The maximum Gasteiger partial charge on any atom is 0.188 e. The second-order valence-corrected chi connectivity index (χ2v) is 5.94. The van der Waals surface area contributed by atoms with E-state index in [4.69, 9.17) is 4.74 Å². The van der Waals surface area contributed by atoms with Gasteiger partial charge in [-0.2, -0.15) is 0 Å². The fourth-order valence-electron chi connectivity index (χ4n) is 2.81. The lowest BCUT2D eigenvalue weighted by molar-refractivity contribution is 0.00705. The van der Waals surface area contributed by atoms with Crippen LogP contribution in [0.4, 0.5) is 0 Å². The van der Waals surface area contributed by atoms with Gasteiger partial charge in [-0.25, -0.2) is 0 Å². The highest BCUT2D eigenvalue weighted by atomic mass is 16.5. The van der Waals surface area contributed by atoms with Crippen LogP contribution in [0.1, 0.15) is 49.0 Å². The van der Waals surface area contributed by atoms with E-state index in [1.165, 1.54) is 6.42 Å². The van der Waals surface area contributed by atoms with Crippen molar-refractivity contribution in [1.29, 1.82) is 0 Å². The van der Waals surface area contributed by atoms with E-state index in [9.17, 15) is 4.79 Å². The molecule has 0 saturated heterocycles. The van der Waals surface area contributed by atoms with Gasteiger partial charge in [0.25, 0.3) is 0 Å². The quantitative estimate of drug-likeness (QED) is 0.764. The van der Waals surface area contributed by atoms with Gasteiger partial charge in [0, 0.05) is 5.56 Å². The summed E-state index contributed by atoms with van der Waals surface area (Å²) < 4.78 is 5.82. The van der Waals surface area contributed by atoms with E-state index in [1.807, 2.05) is 31.2 Å². The minimum atomic E-state index is 0.101. The molecule has 1 aliphatic rings. The number of carbonyl (C=O) groups is 1. The van der Waals surface area contributed by atoms with Gasteiger partial charge >= 0.3 is 0 Å². The first-order chi connectivity index (χ1) is 9.08. The summed E-state index contributed by atoms with van der Waals surface area (Å²) in [6.45, 7) is 6.77. The monoisotopic (exact) mass is 260 g/mol. The third-order valence-corrected chi connectivity index (χ3v) is 4.45. The summed E-state index contributed by atoms with van der Waals surface area (Å²) in [5, 5.41) is 0. The molecule has 2 heteroatoms. The molecule has 1 aliphatic carbocycles. The Morgan fingerprint density at radius 3 is 2.63 bits per heavy atom. The highest BCUT2D eigenvalue weighted by molar-refractivity contribution is 5.98. The van der Waals surface area contributed by atoms with E-state index in [-0.39, 0.29) is 18.5 Å². The van der Waals surface area contributed by atoms with Crippen LogP contribution in [-0.2, 0) is 4.74 Å². The van der Waals surface area contributed by atoms with Crippen LogP contribution in [0.15, 0.2) is 24.3 Å². The molecule has 1 saturated carbocycles. The first-order valence-electron chi connectivity index (χ1n) is 7.28. The average Bonchev–Trinajstić information content (AvgIpc) is 2.40. The van der Waals surface area contributed by atoms with Crippen molar-refractivity contribution in [3.8, 4) is 0 Å². The molecule has 2 nitrogen and oxygen atoms in total. The number of ether oxygens (including phenoxy) is 1. The van der Waals surface area contributed by atoms with Gasteiger partial charge in [-0.1, -0.05) is 38.1 Å². The zero-order valence-electron chi connectivity index (χ0n) is 12.2. The average molecular weight is 260 g/mol. The van der Waals surface area contributed by atoms with E-state index in [1.54, 1.807) is 0 Å². The van der Waals surface area contributed by atoms with Crippen molar-refractivity contribution in [2.24, 2.45) is 11.8 Å². The van der Waals surface area contributed by atoms with Crippen molar-refractivity contribution in [1.82, 2.24) is 0 Å². The number of rotatable bonds is 4. The number of ketones is 1. The first kappa shape index (κ1) is 14.3. The SMILES string of the molecule is Cc1ccccc1C(=O)COC1CCC(C)C(C)C1.